The fourth-order valence-corrected chi connectivity index (χ4v) is 2.19. The molecule has 1 saturated heterocycles. The molecule has 1 unspecified atom stereocenters. The summed E-state index contributed by atoms with van der Waals surface area (Å²) in [6.45, 7) is 0.994. The molecule has 0 aliphatic carbocycles. The van der Waals surface area contributed by atoms with Crippen LogP contribution < -0.4 is 10.5 Å². The molecule has 1 atom stereocenters. The van der Waals surface area contributed by atoms with E-state index in [1.807, 2.05) is 0 Å². The van der Waals surface area contributed by atoms with E-state index in [2.05, 4.69) is 4.74 Å². The summed E-state index contributed by atoms with van der Waals surface area (Å²) in [4.78, 5) is 13.8. The number of ether oxygens (including phenoxy) is 2. The molecule has 2 N–H and O–H groups in total. The SMILES string of the molecule is COC1CCN(C(=O)c2ccc(OC(F)(F)F)c(N)c2)C1. The molecule has 1 fully saturated rings. The van der Waals surface area contributed by atoms with Gasteiger partial charge in [0.1, 0.15) is 0 Å². The minimum atomic E-state index is -4.82. The minimum Gasteiger partial charge on any atom is -0.404 e. The molecular formula is C13H15F3N2O3. The fourth-order valence-electron chi connectivity index (χ4n) is 2.19. The van der Waals surface area contributed by atoms with Crippen LogP contribution in [-0.4, -0.2) is 43.5 Å². The molecule has 1 aromatic rings. The van der Waals surface area contributed by atoms with E-state index in [1.165, 1.54) is 12.1 Å². The standard InChI is InChI=1S/C13H15F3N2O3/c1-20-9-4-5-18(7-9)12(19)8-2-3-11(10(17)6-8)21-13(14,15)16/h2-3,6,9H,4-5,7,17H2,1H3. The van der Waals surface area contributed by atoms with Crippen molar-refractivity contribution in [3.63, 3.8) is 0 Å². The van der Waals surface area contributed by atoms with Crippen LogP contribution in [-0.2, 0) is 4.74 Å². The van der Waals surface area contributed by atoms with Gasteiger partial charge < -0.3 is 20.1 Å². The largest absolute Gasteiger partial charge is 0.573 e. The molecule has 0 bridgehead atoms. The third-order valence-corrected chi connectivity index (χ3v) is 3.25. The number of nitrogen functional groups attached to an aromatic ring is 1. The van der Waals surface area contributed by atoms with E-state index in [0.29, 0.717) is 13.1 Å². The summed E-state index contributed by atoms with van der Waals surface area (Å²) >= 11 is 0. The molecule has 0 saturated carbocycles. The zero-order chi connectivity index (χ0) is 15.6. The zero-order valence-corrected chi connectivity index (χ0v) is 11.3. The fraction of sp³-hybridized carbons (Fsp3) is 0.462. The van der Waals surface area contributed by atoms with Crippen molar-refractivity contribution >= 4 is 11.6 Å². The van der Waals surface area contributed by atoms with Crippen LogP contribution in [0.4, 0.5) is 18.9 Å². The highest BCUT2D eigenvalue weighted by Crippen LogP contribution is 2.29. The lowest BCUT2D eigenvalue weighted by molar-refractivity contribution is -0.274. The number of likely N-dealkylation sites (tertiary alicyclic amines) is 1. The Balaban J connectivity index is 2.11. The quantitative estimate of drug-likeness (QED) is 0.868. The molecular weight excluding hydrogens is 289 g/mol. The summed E-state index contributed by atoms with van der Waals surface area (Å²) in [5.74, 6) is -0.810. The molecule has 8 heteroatoms. The average molecular weight is 304 g/mol. The second-order valence-electron chi connectivity index (χ2n) is 4.70. The highest BCUT2D eigenvalue weighted by Gasteiger charge is 2.32. The summed E-state index contributed by atoms with van der Waals surface area (Å²) in [6.07, 6.45) is -4.10. The number of anilines is 1. The molecule has 21 heavy (non-hydrogen) atoms. The summed E-state index contributed by atoms with van der Waals surface area (Å²) < 4.78 is 45.3. The average Bonchev–Trinajstić information content (AvgIpc) is 2.87. The molecule has 0 aromatic heterocycles. The maximum atomic E-state index is 12.2. The number of amides is 1. The number of nitrogens with zero attached hydrogens (tertiary/aromatic N) is 1. The van der Waals surface area contributed by atoms with Crippen LogP contribution in [0.2, 0.25) is 0 Å². The van der Waals surface area contributed by atoms with Gasteiger partial charge in [-0.15, -0.1) is 13.2 Å². The third kappa shape index (κ3) is 3.78. The predicted molar refractivity (Wildman–Crippen MR) is 68.9 cm³/mol. The van der Waals surface area contributed by atoms with E-state index < -0.39 is 12.1 Å². The third-order valence-electron chi connectivity index (χ3n) is 3.25. The number of hydrogen-bond acceptors (Lipinski definition) is 4. The van der Waals surface area contributed by atoms with Gasteiger partial charge in [-0.05, 0) is 24.6 Å². The van der Waals surface area contributed by atoms with Crippen LogP contribution >= 0.6 is 0 Å². The van der Waals surface area contributed by atoms with Crippen LogP contribution in [0.15, 0.2) is 18.2 Å². The van der Waals surface area contributed by atoms with Gasteiger partial charge in [-0.3, -0.25) is 4.79 Å². The number of alkyl halides is 3. The molecule has 1 heterocycles. The molecule has 0 radical (unpaired) electrons. The lowest BCUT2D eigenvalue weighted by Crippen LogP contribution is -2.30. The van der Waals surface area contributed by atoms with E-state index in [9.17, 15) is 18.0 Å². The Morgan fingerprint density at radius 2 is 2.14 bits per heavy atom. The minimum absolute atomic E-state index is 0.0147. The number of benzene rings is 1. The first-order valence-electron chi connectivity index (χ1n) is 6.27. The Morgan fingerprint density at radius 1 is 1.43 bits per heavy atom. The molecule has 116 valence electrons. The van der Waals surface area contributed by atoms with Crippen molar-refractivity contribution in [1.29, 1.82) is 0 Å². The van der Waals surface area contributed by atoms with Crippen LogP contribution in [0.3, 0.4) is 0 Å². The molecule has 0 spiro atoms. The monoisotopic (exact) mass is 304 g/mol. The zero-order valence-electron chi connectivity index (χ0n) is 11.3. The molecule has 1 aliphatic heterocycles. The second-order valence-corrected chi connectivity index (χ2v) is 4.70. The Bertz CT molecular complexity index is 534. The Kier molecular flexibility index (Phi) is 4.26. The summed E-state index contributed by atoms with van der Waals surface area (Å²) in [7, 11) is 1.57. The van der Waals surface area contributed by atoms with Crippen molar-refractivity contribution in [3.05, 3.63) is 23.8 Å². The summed E-state index contributed by atoms with van der Waals surface area (Å²) in [5, 5.41) is 0. The summed E-state index contributed by atoms with van der Waals surface area (Å²) in [6, 6.07) is 3.49. The second kappa shape index (κ2) is 5.80. The van der Waals surface area contributed by atoms with Crippen molar-refractivity contribution in [3.8, 4) is 5.75 Å². The topological polar surface area (TPSA) is 64.8 Å². The van der Waals surface area contributed by atoms with Crippen molar-refractivity contribution in [2.75, 3.05) is 25.9 Å². The smallest absolute Gasteiger partial charge is 0.404 e. The van der Waals surface area contributed by atoms with Gasteiger partial charge in [-0.2, -0.15) is 0 Å². The van der Waals surface area contributed by atoms with Gasteiger partial charge in [-0.1, -0.05) is 0 Å². The first-order chi connectivity index (χ1) is 9.80. The molecule has 5 nitrogen and oxygen atoms in total. The number of methoxy groups -OCH3 is 1. The Morgan fingerprint density at radius 3 is 2.67 bits per heavy atom. The molecule has 1 aliphatic rings. The molecule has 1 amide bonds. The van der Waals surface area contributed by atoms with Gasteiger partial charge in [0.25, 0.3) is 5.91 Å². The Hall–Kier alpha value is -1.96. The highest BCUT2D eigenvalue weighted by molar-refractivity contribution is 5.95. The van der Waals surface area contributed by atoms with Crippen molar-refractivity contribution in [2.24, 2.45) is 0 Å². The maximum Gasteiger partial charge on any atom is 0.573 e. The van der Waals surface area contributed by atoms with Crippen molar-refractivity contribution in [2.45, 2.75) is 18.9 Å². The van der Waals surface area contributed by atoms with E-state index in [-0.39, 0.29) is 23.3 Å². The summed E-state index contributed by atoms with van der Waals surface area (Å²) in [5.41, 5.74) is 5.48. The van der Waals surface area contributed by atoms with Crippen molar-refractivity contribution < 1.29 is 27.4 Å². The lowest BCUT2D eigenvalue weighted by atomic mass is 10.1. The number of hydrogen-bond donors (Lipinski definition) is 1. The van der Waals surface area contributed by atoms with Crippen LogP contribution in [0, 0.1) is 0 Å². The van der Waals surface area contributed by atoms with Crippen LogP contribution in [0.25, 0.3) is 0 Å². The molecule has 2 rings (SSSR count). The Labute approximate surface area is 119 Å². The number of nitrogens with two attached hydrogens (primary N) is 1. The van der Waals surface area contributed by atoms with Crippen LogP contribution in [0.1, 0.15) is 16.8 Å². The van der Waals surface area contributed by atoms with Crippen LogP contribution in [0.5, 0.6) is 5.75 Å². The van der Waals surface area contributed by atoms with E-state index in [0.717, 1.165) is 12.5 Å². The van der Waals surface area contributed by atoms with Crippen molar-refractivity contribution in [1.82, 2.24) is 4.90 Å². The molecule has 1 aromatic carbocycles. The lowest BCUT2D eigenvalue weighted by Gasteiger charge is -2.17. The van der Waals surface area contributed by atoms with E-state index in [4.69, 9.17) is 10.5 Å². The van der Waals surface area contributed by atoms with Gasteiger partial charge in [0.2, 0.25) is 0 Å². The number of carbonyl (C=O) groups is 1. The highest BCUT2D eigenvalue weighted by atomic mass is 19.4. The van der Waals surface area contributed by atoms with E-state index >= 15 is 0 Å². The maximum absolute atomic E-state index is 12.2. The number of carbonyl (C=O) groups excluding carboxylic acids is 1. The predicted octanol–water partition coefficient (Wildman–Crippen LogP) is 2.03. The van der Waals surface area contributed by atoms with E-state index in [1.54, 1.807) is 12.0 Å². The van der Waals surface area contributed by atoms with Gasteiger partial charge >= 0.3 is 6.36 Å². The number of halogens is 3. The number of rotatable bonds is 3. The first kappa shape index (κ1) is 15.4. The van der Waals surface area contributed by atoms with Gasteiger partial charge in [0, 0.05) is 25.8 Å². The van der Waals surface area contributed by atoms with Gasteiger partial charge in [-0.25, -0.2) is 0 Å². The first-order valence-corrected chi connectivity index (χ1v) is 6.27. The van der Waals surface area contributed by atoms with Gasteiger partial charge in [0.05, 0.1) is 11.8 Å². The normalized spacial score (nSPS) is 18.9. The van der Waals surface area contributed by atoms with Gasteiger partial charge in [0.15, 0.2) is 5.75 Å².